The third-order valence-corrected chi connectivity index (χ3v) is 4.87. The van der Waals surface area contributed by atoms with Crippen LogP contribution < -0.4 is 10.0 Å². The summed E-state index contributed by atoms with van der Waals surface area (Å²) >= 11 is 5.73. The lowest BCUT2D eigenvalue weighted by atomic mass is 10.0. The fourth-order valence-corrected chi connectivity index (χ4v) is 3.42. The Hall–Kier alpha value is -1.79. The van der Waals surface area contributed by atoms with Gasteiger partial charge in [0.25, 0.3) is 10.0 Å². The van der Waals surface area contributed by atoms with E-state index < -0.39 is 10.0 Å². The number of benzene rings is 1. The van der Waals surface area contributed by atoms with E-state index in [4.69, 9.17) is 11.6 Å². The molecule has 0 unspecified atom stereocenters. The van der Waals surface area contributed by atoms with E-state index in [1.165, 1.54) is 12.3 Å². The summed E-state index contributed by atoms with van der Waals surface area (Å²) < 4.78 is 27.2. The molecule has 0 radical (unpaired) electrons. The summed E-state index contributed by atoms with van der Waals surface area (Å²) in [6.45, 7) is 0.923. The zero-order valence-electron chi connectivity index (χ0n) is 11.1. The minimum Gasteiger partial charge on any atom is -0.385 e. The van der Waals surface area contributed by atoms with Crippen LogP contribution in [0.3, 0.4) is 0 Å². The normalized spacial score (nSPS) is 14.1. The first-order chi connectivity index (χ1) is 10.0. The summed E-state index contributed by atoms with van der Waals surface area (Å²) in [5, 5.41) is 3.71. The van der Waals surface area contributed by atoms with Gasteiger partial charge >= 0.3 is 0 Å². The molecule has 0 amide bonds. The molecule has 0 fully saturated rings. The summed E-state index contributed by atoms with van der Waals surface area (Å²) in [5.74, 6) is 0.246. The van der Waals surface area contributed by atoms with E-state index in [0.717, 1.165) is 30.6 Å². The molecule has 2 aromatic rings. The van der Waals surface area contributed by atoms with E-state index in [-0.39, 0.29) is 10.7 Å². The highest BCUT2D eigenvalue weighted by molar-refractivity contribution is 7.92. The van der Waals surface area contributed by atoms with Crippen molar-refractivity contribution < 1.29 is 8.42 Å². The van der Waals surface area contributed by atoms with Gasteiger partial charge in [-0.05, 0) is 48.7 Å². The van der Waals surface area contributed by atoms with Crippen molar-refractivity contribution >= 4 is 33.1 Å². The number of rotatable bonds is 3. The zero-order chi connectivity index (χ0) is 14.9. The van der Waals surface area contributed by atoms with E-state index in [1.807, 2.05) is 0 Å². The van der Waals surface area contributed by atoms with Crippen molar-refractivity contribution in [1.82, 2.24) is 4.98 Å². The number of fused-ring (bicyclic) bond motifs is 1. The number of anilines is 2. The van der Waals surface area contributed by atoms with E-state index in [0.29, 0.717) is 5.02 Å². The monoisotopic (exact) mass is 323 g/mol. The molecule has 2 N–H and O–H groups in total. The summed E-state index contributed by atoms with van der Waals surface area (Å²) in [6.07, 6.45) is 3.28. The Morgan fingerprint density at radius 2 is 2.10 bits per heavy atom. The van der Waals surface area contributed by atoms with Gasteiger partial charge < -0.3 is 5.32 Å². The second-order valence-corrected chi connectivity index (χ2v) is 6.94. The van der Waals surface area contributed by atoms with Gasteiger partial charge in [0.2, 0.25) is 0 Å². The quantitative estimate of drug-likeness (QED) is 0.911. The van der Waals surface area contributed by atoms with E-state index >= 15 is 0 Å². The Morgan fingerprint density at radius 1 is 1.24 bits per heavy atom. The van der Waals surface area contributed by atoms with Gasteiger partial charge in [0, 0.05) is 18.4 Å². The van der Waals surface area contributed by atoms with Crippen molar-refractivity contribution in [3.05, 3.63) is 47.1 Å². The number of nitrogens with zero attached hydrogens (tertiary/aromatic N) is 1. The Balaban J connectivity index is 1.89. The Labute approximate surface area is 128 Å². The predicted molar refractivity (Wildman–Crippen MR) is 83.3 cm³/mol. The predicted octanol–water partition coefficient (Wildman–Crippen LogP) is 2.89. The van der Waals surface area contributed by atoms with Gasteiger partial charge in [0.1, 0.15) is 5.82 Å². The Morgan fingerprint density at radius 3 is 2.86 bits per heavy atom. The number of hydrogen-bond donors (Lipinski definition) is 2. The number of aryl methyl sites for hydroxylation is 1. The van der Waals surface area contributed by atoms with Gasteiger partial charge in [-0.2, -0.15) is 0 Å². The van der Waals surface area contributed by atoms with Crippen LogP contribution >= 0.6 is 11.6 Å². The van der Waals surface area contributed by atoms with Gasteiger partial charge in [-0.3, -0.25) is 4.72 Å². The second kappa shape index (κ2) is 5.54. The molecular formula is C14H14ClN3O2S. The summed E-state index contributed by atoms with van der Waals surface area (Å²) in [5.41, 5.74) is 2.03. The first kappa shape index (κ1) is 14.2. The molecule has 2 heterocycles. The molecular weight excluding hydrogens is 310 g/mol. The van der Waals surface area contributed by atoms with Crippen molar-refractivity contribution in [3.8, 4) is 0 Å². The average molecular weight is 324 g/mol. The molecule has 21 heavy (non-hydrogen) atoms. The smallest absolute Gasteiger partial charge is 0.263 e. The minimum atomic E-state index is -3.64. The molecule has 7 heteroatoms. The van der Waals surface area contributed by atoms with Crippen LogP contribution in [0.2, 0.25) is 5.02 Å². The maximum absolute atomic E-state index is 12.4. The van der Waals surface area contributed by atoms with Crippen LogP contribution in [0.25, 0.3) is 0 Å². The molecule has 1 aromatic heterocycles. The SMILES string of the molecule is O=S(=O)(Nc1ccc(Cl)cn1)c1ccc2c(c1)CCCN2. The standard InChI is InChI=1S/C14H14ClN3O2S/c15-11-3-6-14(17-9-11)18-21(19,20)12-4-5-13-10(8-12)2-1-7-16-13/h3-6,8-9,16H,1-2,7H2,(H,17,18). The maximum atomic E-state index is 12.4. The number of halogens is 1. The Bertz CT molecular complexity index is 760. The number of sulfonamides is 1. The Kier molecular flexibility index (Phi) is 3.73. The van der Waals surface area contributed by atoms with Crippen molar-refractivity contribution in [2.75, 3.05) is 16.6 Å². The van der Waals surface area contributed by atoms with Crippen LogP contribution in [-0.2, 0) is 16.4 Å². The van der Waals surface area contributed by atoms with E-state index in [1.54, 1.807) is 24.3 Å². The number of pyridine rings is 1. The van der Waals surface area contributed by atoms with Crippen LogP contribution in [0.1, 0.15) is 12.0 Å². The van der Waals surface area contributed by atoms with Crippen LogP contribution in [-0.4, -0.2) is 19.9 Å². The fourth-order valence-electron chi connectivity index (χ4n) is 2.25. The lowest BCUT2D eigenvalue weighted by Gasteiger charge is -2.18. The van der Waals surface area contributed by atoms with Crippen LogP contribution in [0.4, 0.5) is 11.5 Å². The topological polar surface area (TPSA) is 71.1 Å². The first-order valence-corrected chi connectivity index (χ1v) is 8.42. The van der Waals surface area contributed by atoms with Crippen molar-refractivity contribution in [3.63, 3.8) is 0 Å². The average Bonchev–Trinajstić information content (AvgIpc) is 2.49. The highest BCUT2D eigenvalue weighted by Gasteiger charge is 2.18. The molecule has 0 bridgehead atoms. The third-order valence-electron chi connectivity index (χ3n) is 3.29. The first-order valence-electron chi connectivity index (χ1n) is 6.56. The van der Waals surface area contributed by atoms with Crippen LogP contribution in [0, 0.1) is 0 Å². The van der Waals surface area contributed by atoms with Gasteiger partial charge in [0.15, 0.2) is 0 Å². The summed E-state index contributed by atoms with van der Waals surface area (Å²) in [7, 11) is -3.64. The van der Waals surface area contributed by atoms with Gasteiger partial charge in [-0.15, -0.1) is 0 Å². The second-order valence-electron chi connectivity index (χ2n) is 4.82. The summed E-state index contributed by atoms with van der Waals surface area (Å²) in [4.78, 5) is 4.18. The molecule has 0 spiro atoms. The van der Waals surface area contributed by atoms with Crippen molar-refractivity contribution in [1.29, 1.82) is 0 Å². The number of hydrogen-bond acceptors (Lipinski definition) is 4. The van der Waals surface area contributed by atoms with Crippen LogP contribution in [0.5, 0.6) is 0 Å². The molecule has 1 aliphatic rings. The minimum absolute atomic E-state index is 0.238. The summed E-state index contributed by atoms with van der Waals surface area (Å²) in [6, 6.07) is 8.22. The number of aromatic nitrogens is 1. The van der Waals surface area contributed by atoms with Gasteiger partial charge in [-0.1, -0.05) is 11.6 Å². The van der Waals surface area contributed by atoms with E-state index in [9.17, 15) is 8.42 Å². The molecule has 1 aliphatic heterocycles. The number of nitrogens with one attached hydrogen (secondary N) is 2. The molecule has 3 rings (SSSR count). The van der Waals surface area contributed by atoms with Gasteiger partial charge in [0.05, 0.1) is 9.92 Å². The molecule has 1 aromatic carbocycles. The molecule has 5 nitrogen and oxygen atoms in total. The van der Waals surface area contributed by atoms with E-state index in [2.05, 4.69) is 15.0 Å². The maximum Gasteiger partial charge on any atom is 0.263 e. The fraction of sp³-hybridized carbons (Fsp3) is 0.214. The third kappa shape index (κ3) is 3.11. The van der Waals surface area contributed by atoms with Crippen LogP contribution in [0.15, 0.2) is 41.4 Å². The molecule has 0 aliphatic carbocycles. The molecule has 0 atom stereocenters. The molecule has 110 valence electrons. The molecule has 0 saturated heterocycles. The van der Waals surface area contributed by atoms with Crippen molar-refractivity contribution in [2.45, 2.75) is 17.7 Å². The molecule has 0 saturated carbocycles. The largest absolute Gasteiger partial charge is 0.385 e. The van der Waals surface area contributed by atoms with Crippen molar-refractivity contribution in [2.24, 2.45) is 0 Å². The lowest BCUT2D eigenvalue weighted by molar-refractivity contribution is 0.601. The highest BCUT2D eigenvalue weighted by atomic mass is 35.5. The highest BCUT2D eigenvalue weighted by Crippen LogP contribution is 2.25. The van der Waals surface area contributed by atoms with Gasteiger partial charge in [-0.25, -0.2) is 13.4 Å². The zero-order valence-corrected chi connectivity index (χ0v) is 12.7. The lowest BCUT2D eigenvalue weighted by Crippen LogP contribution is -2.16.